The molecule has 0 radical (unpaired) electrons. The van der Waals surface area contributed by atoms with E-state index in [1.54, 1.807) is 0 Å². The van der Waals surface area contributed by atoms with Gasteiger partial charge < -0.3 is 9.88 Å². The first-order valence-corrected chi connectivity index (χ1v) is 6.99. The highest BCUT2D eigenvalue weighted by Gasteiger charge is 2.24. The zero-order chi connectivity index (χ0) is 12.7. The minimum atomic E-state index is 0.757. The van der Waals surface area contributed by atoms with Crippen molar-refractivity contribution in [2.75, 3.05) is 13.6 Å². The van der Waals surface area contributed by atoms with Gasteiger partial charge in [-0.25, -0.2) is 0 Å². The number of aryl methyl sites for hydroxylation is 1. The Hall–Kier alpha value is -0.990. The van der Waals surface area contributed by atoms with Crippen LogP contribution in [0.4, 0.5) is 0 Å². The lowest BCUT2D eigenvalue weighted by atomic mass is 9.86. The van der Waals surface area contributed by atoms with Gasteiger partial charge in [0.2, 0.25) is 0 Å². The largest absolute Gasteiger partial charge is 0.346 e. The molecule has 3 heteroatoms. The quantitative estimate of drug-likeness (QED) is 0.880. The predicted molar refractivity (Wildman–Crippen MR) is 77.4 cm³/mol. The third-order valence-electron chi connectivity index (χ3n) is 4.18. The summed E-state index contributed by atoms with van der Waals surface area (Å²) in [5.41, 5.74) is 4.20. The smallest absolute Gasteiger partial charge is 0.0672 e. The Bertz CT molecular complexity index is 586. The molecule has 2 aromatic rings. The summed E-state index contributed by atoms with van der Waals surface area (Å²) in [4.78, 5) is 0. The first kappa shape index (κ1) is 12.1. The van der Waals surface area contributed by atoms with Crippen molar-refractivity contribution in [1.82, 2.24) is 9.88 Å². The van der Waals surface area contributed by atoms with Gasteiger partial charge >= 0.3 is 0 Å². The lowest BCUT2D eigenvalue weighted by molar-refractivity contribution is 0.434. The van der Waals surface area contributed by atoms with E-state index in [2.05, 4.69) is 29.1 Å². The Kier molecular flexibility index (Phi) is 3.08. The van der Waals surface area contributed by atoms with Gasteiger partial charge in [-0.15, -0.1) is 0 Å². The van der Waals surface area contributed by atoms with Crippen molar-refractivity contribution in [3.63, 3.8) is 0 Å². The molecule has 1 aliphatic carbocycles. The standard InChI is InChI=1S/C15H19ClN2/c1-17-9-10-6-7-14-12(8-10)11-4-3-5-13(16)15(11)18(14)2/h3-5,10,17H,6-9H2,1-2H3. The molecule has 0 saturated heterocycles. The van der Waals surface area contributed by atoms with E-state index in [9.17, 15) is 0 Å². The number of nitrogens with one attached hydrogen (secondary N) is 1. The Morgan fingerprint density at radius 3 is 3.06 bits per heavy atom. The second-order valence-electron chi connectivity index (χ2n) is 5.29. The zero-order valence-electron chi connectivity index (χ0n) is 11.0. The lowest BCUT2D eigenvalue weighted by Gasteiger charge is -2.23. The van der Waals surface area contributed by atoms with Crippen molar-refractivity contribution >= 4 is 22.5 Å². The van der Waals surface area contributed by atoms with Crippen LogP contribution in [-0.4, -0.2) is 18.2 Å². The summed E-state index contributed by atoms with van der Waals surface area (Å²) in [5.74, 6) is 0.757. The van der Waals surface area contributed by atoms with Crippen LogP contribution >= 0.6 is 11.6 Å². The number of para-hydroxylation sites is 1. The molecule has 0 saturated carbocycles. The van der Waals surface area contributed by atoms with E-state index in [0.717, 1.165) is 17.5 Å². The van der Waals surface area contributed by atoms with Crippen LogP contribution in [0.15, 0.2) is 18.2 Å². The summed E-state index contributed by atoms with van der Waals surface area (Å²) in [6, 6.07) is 6.26. The van der Waals surface area contributed by atoms with Gasteiger partial charge in [0, 0.05) is 18.1 Å². The number of hydrogen-bond donors (Lipinski definition) is 1. The molecule has 1 unspecified atom stereocenters. The third kappa shape index (κ3) is 1.75. The van der Waals surface area contributed by atoms with Crippen LogP contribution in [0.25, 0.3) is 10.9 Å². The maximum absolute atomic E-state index is 6.35. The number of fused-ring (bicyclic) bond motifs is 3. The monoisotopic (exact) mass is 262 g/mol. The maximum Gasteiger partial charge on any atom is 0.0672 e. The predicted octanol–water partition coefficient (Wildman–Crippen LogP) is 3.16. The SMILES string of the molecule is CNCC1CCc2c(c3cccc(Cl)c3n2C)C1. The lowest BCUT2D eigenvalue weighted by Crippen LogP contribution is -2.25. The Balaban J connectivity index is 2.14. The van der Waals surface area contributed by atoms with Crippen molar-refractivity contribution in [2.45, 2.75) is 19.3 Å². The molecule has 3 rings (SSSR count). The summed E-state index contributed by atoms with van der Waals surface area (Å²) in [5, 5.41) is 5.52. The van der Waals surface area contributed by atoms with Crippen LogP contribution in [0.3, 0.4) is 0 Å². The van der Waals surface area contributed by atoms with Crippen molar-refractivity contribution in [3.05, 3.63) is 34.5 Å². The van der Waals surface area contributed by atoms with E-state index < -0.39 is 0 Å². The number of nitrogens with zero attached hydrogens (tertiary/aromatic N) is 1. The fourth-order valence-corrected chi connectivity index (χ4v) is 3.63. The molecule has 0 spiro atoms. The highest BCUT2D eigenvalue weighted by atomic mass is 35.5. The van der Waals surface area contributed by atoms with Gasteiger partial charge in [0.25, 0.3) is 0 Å². The van der Waals surface area contributed by atoms with E-state index >= 15 is 0 Å². The Labute approximate surface area is 113 Å². The molecule has 1 heterocycles. The molecule has 18 heavy (non-hydrogen) atoms. The Morgan fingerprint density at radius 1 is 1.44 bits per heavy atom. The van der Waals surface area contributed by atoms with Crippen LogP contribution < -0.4 is 5.32 Å². The molecule has 0 amide bonds. The van der Waals surface area contributed by atoms with Crippen LogP contribution in [0.2, 0.25) is 5.02 Å². The van der Waals surface area contributed by atoms with Crippen molar-refractivity contribution < 1.29 is 0 Å². The molecule has 1 atom stereocenters. The highest BCUT2D eigenvalue weighted by Crippen LogP contribution is 2.36. The van der Waals surface area contributed by atoms with Crippen LogP contribution in [0.5, 0.6) is 0 Å². The van der Waals surface area contributed by atoms with E-state index in [1.807, 2.05) is 13.1 Å². The molecule has 2 nitrogen and oxygen atoms in total. The van der Waals surface area contributed by atoms with Crippen LogP contribution in [0, 0.1) is 5.92 Å². The molecule has 1 N–H and O–H groups in total. The van der Waals surface area contributed by atoms with E-state index in [1.165, 1.54) is 41.4 Å². The summed E-state index contributed by atoms with van der Waals surface area (Å²) >= 11 is 6.35. The van der Waals surface area contributed by atoms with E-state index in [0.29, 0.717) is 0 Å². The van der Waals surface area contributed by atoms with Gasteiger partial charge in [-0.2, -0.15) is 0 Å². The molecule has 0 fully saturated rings. The molecular weight excluding hydrogens is 244 g/mol. The first-order chi connectivity index (χ1) is 8.72. The highest BCUT2D eigenvalue weighted by molar-refractivity contribution is 6.35. The molecule has 0 bridgehead atoms. The fourth-order valence-electron chi connectivity index (χ4n) is 3.33. The maximum atomic E-state index is 6.35. The van der Waals surface area contributed by atoms with Crippen molar-refractivity contribution in [3.8, 4) is 0 Å². The van der Waals surface area contributed by atoms with Crippen LogP contribution in [0.1, 0.15) is 17.7 Å². The molecule has 1 aliphatic rings. The molecule has 96 valence electrons. The second-order valence-corrected chi connectivity index (χ2v) is 5.69. The number of aromatic nitrogens is 1. The van der Waals surface area contributed by atoms with Gasteiger partial charge in [-0.3, -0.25) is 0 Å². The minimum absolute atomic E-state index is 0.757. The number of halogens is 1. The van der Waals surface area contributed by atoms with E-state index in [-0.39, 0.29) is 0 Å². The van der Waals surface area contributed by atoms with Crippen molar-refractivity contribution in [2.24, 2.45) is 13.0 Å². The minimum Gasteiger partial charge on any atom is -0.346 e. The summed E-state index contributed by atoms with van der Waals surface area (Å²) in [7, 11) is 4.18. The topological polar surface area (TPSA) is 17.0 Å². The summed E-state index contributed by atoms with van der Waals surface area (Å²) in [6.45, 7) is 1.11. The second kappa shape index (κ2) is 4.60. The van der Waals surface area contributed by atoms with E-state index in [4.69, 9.17) is 11.6 Å². The average molecular weight is 263 g/mol. The summed E-state index contributed by atoms with van der Waals surface area (Å²) < 4.78 is 2.29. The van der Waals surface area contributed by atoms with Gasteiger partial charge in [0.05, 0.1) is 10.5 Å². The molecular formula is C15H19ClN2. The van der Waals surface area contributed by atoms with Crippen molar-refractivity contribution in [1.29, 1.82) is 0 Å². The Morgan fingerprint density at radius 2 is 2.28 bits per heavy atom. The number of benzene rings is 1. The average Bonchev–Trinajstić information content (AvgIpc) is 2.65. The van der Waals surface area contributed by atoms with Gasteiger partial charge in [0.15, 0.2) is 0 Å². The van der Waals surface area contributed by atoms with Crippen LogP contribution in [-0.2, 0) is 19.9 Å². The fraction of sp³-hybridized carbons (Fsp3) is 0.467. The molecule has 1 aromatic carbocycles. The zero-order valence-corrected chi connectivity index (χ0v) is 11.7. The number of rotatable bonds is 2. The molecule has 1 aromatic heterocycles. The van der Waals surface area contributed by atoms with Gasteiger partial charge in [-0.05, 0) is 50.4 Å². The van der Waals surface area contributed by atoms with Gasteiger partial charge in [-0.1, -0.05) is 23.7 Å². The normalized spacial score (nSPS) is 19.2. The molecule has 0 aliphatic heterocycles. The third-order valence-corrected chi connectivity index (χ3v) is 4.48. The summed E-state index contributed by atoms with van der Waals surface area (Å²) in [6.07, 6.45) is 3.62. The van der Waals surface area contributed by atoms with Gasteiger partial charge in [0.1, 0.15) is 0 Å². The number of hydrogen-bond acceptors (Lipinski definition) is 1. The first-order valence-electron chi connectivity index (χ1n) is 6.61.